The zero-order valence-corrected chi connectivity index (χ0v) is 16.2. The zero-order chi connectivity index (χ0) is 18.5. The van der Waals surface area contributed by atoms with Crippen molar-refractivity contribution in [3.05, 3.63) is 57.9 Å². The Hall–Kier alpha value is -2.22. The van der Waals surface area contributed by atoms with Crippen LogP contribution in [0.3, 0.4) is 0 Å². The number of hydrogen-bond donors (Lipinski definition) is 1. The molecule has 0 radical (unpaired) electrons. The van der Waals surface area contributed by atoms with Gasteiger partial charge < -0.3 is 10.1 Å². The van der Waals surface area contributed by atoms with E-state index in [9.17, 15) is 9.59 Å². The van der Waals surface area contributed by atoms with Crippen molar-refractivity contribution in [2.45, 2.75) is 19.4 Å². The fourth-order valence-electron chi connectivity index (χ4n) is 2.14. The summed E-state index contributed by atoms with van der Waals surface area (Å²) in [4.78, 5) is 29.7. The van der Waals surface area contributed by atoms with Crippen LogP contribution in [0, 0.1) is 0 Å². The van der Waals surface area contributed by atoms with Crippen LogP contribution in [0.1, 0.15) is 12.6 Å². The fourth-order valence-corrected chi connectivity index (χ4v) is 3.96. The van der Waals surface area contributed by atoms with Gasteiger partial charge in [0.25, 0.3) is 5.91 Å². The van der Waals surface area contributed by atoms with E-state index < -0.39 is 18.0 Å². The number of benzene rings is 1. The summed E-state index contributed by atoms with van der Waals surface area (Å²) in [7, 11) is 0. The minimum absolute atomic E-state index is 0.0194. The second-order valence-corrected chi connectivity index (χ2v) is 7.61. The molecule has 1 N–H and O–H groups in total. The van der Waals surface area contributed by atoms with Gasteiger partial charge in [-0.05, 0) is 30.5 Å². The molecule has 0 aliphatic heterocycles. The number of thiophene rings is 1. The maximum atomic E-state index is 12.2. The smallest absolute Gasteiger partial charge is 0.312 e. The monoisotopic (exact) mass is 406 g/mol. The Labute approximate surface area is 163 Å². The molecule has 2 heterocycles. The minimum atomic E-state index is -0.936. The maximum Gasteiger partial charge on any atom is 0.312 e. The van der Waals surface area contributed by atoms with Gasteiger partial charge in [0, 0.05) is 5.38 Å². The molecule has 0 bridgehead atoms. The number of nitrogens with one attached hydrogen (secondary N) is 1. The number of amides is 1. The molecule has 26 heavy (non-hydrogen) atoms. The van der Waals surface area contributed by atoms with E-state index in [1.807, 2.05) is 22.9 Å². The van der Waals surface area contributed by atoms with Gasteiger partial charge >= 0.3 is 5.97 Å². The number of para-hydroxylation sites is 1. The van der Waals surface area contributed by atoms with Gasteiger partial charge in [0.2, 0.25) is 0 Å². The Balaban J connectivity index is 1.54. The summed E-state index contributed by atoms with van der Waals surface area (Å²) in [5, 5.41) is 7.73. The quantitative estimate of drug-likeness (QED) is 0.605. The molecule has 1 aromatic carbocycles. The van der Waals surface area contributed by atoms with E-state index in [0.717, 1.165) is 9.88 Å². The second-order valence-electron chi connectivity index (χ2n) is 5.40. The number of nitrogens with zero attached hydrogens (tertiary/aromatic N) is 1. The topological polar surface area (TPSA) is 68.3 Å². The van der Waals surface area contributed by atoms with Gasteiger partial charge in [-0.2, -0.15) is 0 Å². The van der Waals surface area contributed by atoms with Crippen molar-refractivity contribution in [1.82, 2.24) is 4.98 Å². The summed E-state index contributed by atoms with van der Waals surface area (Å²) >= 11 is 9.07. The first-order valence-corrected chi connectivity index (χ1v) is 9.90. The number of hydrogen-bond acceptors (Lipinski definition) is 6. The molecular formula is C18H15ClN2O3S2. The normalized spacial score (nSPS) is 11.8. The van der Waals surface area contributed by atoms with Crippen LogP contribution >= 0.6 is 34.3 Å². The summed E-state index contributed by atoms with van der Waals surface area (Å²) < 4.78 is 5.20. The van der Waals surface area contributed by atoms with Crippen LogP contribution < -0.4 is 5.32 Å². The number of esters is 1. The number of carbonyl (C=O) groups is 2. The molecule has 1 atom stereocenters. The number of halogens is 1. The Bertz CT molecular complexity index is 909. The molecule has 0 unspecified atom stereocenters. The molecule has 0 saturated carbocycles. The molecule has 3 aromatic rings. The van der Waals surface area contributed by atoms with Crippen LogP contribution in [0.15, 0.2) is 47.2 Å². The zero-order valence-electron chi connectivity index (χ0n) is 13.8. The van der Waals surface area contributed by atoms with Crippen LogP contribution in [0.25, 0.3) is 9.88 Å². The van der Waals surface area contributed by atoms with Gasteiger partial charge in [-0.3, -0.25) is 9.59 Å². The van der Waals surface area contributed by atoms with Crippen LogP contribution in [-0.4, -0.2) is 23.0 Å². The Morgan fingerprint density at radius 2 is 2.04 bits per heavy atom. The lowest BCUT2D eigenvalue weighted by Gasteiger charge is -2.13. The highest BCUT2D eigenvalue weighted by atomic mass is 35.5. The van der Waals surface area contributed by atoms with Crippen molar-refractivity contribution in [3.63, 3.8) is 0 Å². The molecule has 0 fully saturated rings. The maximum absolute atomic E-state index is 12.2. The molecule has 1 amide bonds. The molecule has 0 saturated heterocycles. The van der Waals surface area contributed by atoms with E-state index in [4.69, 9.17) is 16.3 Å². The predicted octanol–water partition coefficient (Wildman–Crippen LogP) is 4.64. The third kappa shape index (κ3) is 4.69. The van der Waals surface area contributed by atoms with Crippen LogP contribution in [0.4, 0.5) is 5.69 Å². The number of anilines is 1. The lowest BCUT2D eigenvalue weighted by atomic mass is 10.3. The number of aromatic nitrogens is 1. The van der Waals surface area contributed by atoms with Crippen molar-refractivity contribution in [2.24, 2.45) is 0 Å². The third-order valence-electron chi connectivity index (χ3n) is 3.42. The first kappa shape index (κ1) is 18.6. The lowest BCUT2D eigenvalue weighted by Crippen LogP contribution is -2.30. The highest BCUT2D eigenvalue weighted by Gasteiger charge is 2.20. The molecule has 134 valence electrons. The molecular weight excluding hydrogens is 392 g/mol. The van der Waals surface area contributed by atoms with Gasteiger partial charge in [0.1, 0.15) is 5.01 Å². The van der Waals surface area contributed by atoms with Gasteiger partial charge in [0.05, 0.1) is 27.7 Å². The molecule has 3 rings (SSSR count). The van der Waals surface area contributed by atoms with E-state index in [-0.39, 0.29) is 6.42 Å². The first-order chi connectivity index (χ1) is 12.5. The minimum Gasteiger partial charge on any atom is -0.452 e. The summed E-state index contributed by atoms with van der Waals surface area (Å²) in [5.41, 5.74) is 1.10. The molecule has 8 heteroatoms. The van der Waals surface area contributed by atoms with Crippen molar-refractivity contribution in [1.29, 1.82) is 0 Å². The van der Waals surface area contributed by atoms with Crippen LogP contribution in [0.5, 0.6) is 0 Å². The summed E-state index contributed by atoms with van der Waals surface area (Å²) in [5.74, 6) is -0.946. The molecule has 5 nitrogen and oxygen atoms in total. The van der Waals surface area contributed by atoms with Crippen molar-refractivity contribution < 1.29 is 14.3 Å². The predicted molar refractivity (Wildman–Crippen MR) is 105 cm³/mol. The SMILES string of the molecule is C[C@H](OC(=O)Cc1csc(-c2cccs2)n1)C(=O)Nc1ccccc1Cl. The fraction of sp³-hybridized carbons (Fsp3) is 0.167. The van der Waals surface area contributed by atoms with Crippen molar-refractivity contribution in [2.75, 3.05) is 5.32 Å². The van der Waals surface area contributed by atoms with E-state index in [2.05, 4.69) is 10.3 Å². The Morgan fingerprint density at radius 1 is 1.23 bits per heavy atom. The van der Waals surface area contributed by atoms with E-state index >= 15 is 0 Å². The summed E-state index contributed by atoms with van der Waals surface area (Å²) in [6, 6.07) is 10.8. The number of carbonyl (C=O) groups excluding carboxylic acids is 2. The highest BCUT2D eigenvalue weighted by molar-refractivity contribution is 7.20. The van der Waals surface area contributed by atoms with Crippen molar-refractivity contribution in [3.8, 4) is 9.88 Å². The lowest BCUT2D eigenvalue weighted by molar-refractivity contribution is -0.152. The van der Waals surface area contributed by atoms with Crippen LogP contribution in [-0.2, 0) is 20.7 Å². The van der Waals surface area contributed by atoms with Gasteiger partial charge in [-0.15, -0.1) is 22.7 Å². The van der Waals surface area contributed by atoms with Gasteiger partial charge in [-0.1, -0.05) is 29.8 Å². The molecule has 0 spiro atoms. The average Bonchev–Trinajstić information content (AvgIpc) is 3.28. The number of rotatable bonds is 6. The van der Waals surface area contributed by atoms with Crippen molar-refractivity contribution >= 4 is 51.8 Å². The third-order valence-corrected chi connectivity index (χ3v) is 5.68. The second kappa shape index (κ2) is 8.44. The number of thiazole rings is 1. The van der Waals surface area contributed by atoms with Crippen LogP contribution in [0.2, 0.25) is 5.02 Å². The average molecular weight is 407 g/mol. The number of ether oxygens (including phenoxy) is 1. The largest absolute Gasteiger partial charge is 0.452 e. The molecule has 2 aromatic heterocycles. The molecule has 0 aliphatic carbocycles. The summed E-state index contributed by atoms with van der Waals surface area (Å²) in [6.07, 6.45) is -0.917. The Kier molecular flexibility index (Phi) is 6.03. The van der Waals surface area contributed by atoms with Gasteiger partial charge in [-0.25, -0.2) is 4.98 Å². The van der Waals surface area contributed by atoms with E-state index in [1.165, 1.54) is 18.3 Å². The van der Waals surface area contributed by atoms with E-state index in [1.54, 1.807) is 35.6 Å². The first-order valence-electron chi connectivity index (χ1n) is 7.76. The van der Waals surface area contributed by atoms with E-state index in [0.29, 0.717) is 16.4 Å². The van der Waals surface area contributed by atoms with Gasteiger partial charge in [0.15, 0.2) is 6.10 Å². The molecule has 0 aliphatic rings. The summed E-state index contributed by atoms with van der Waals surface area (Å²) in [6.45, 7) is 1.52. The highest BCUT2D eigenvalue weighted by Crippen LogP contribution is 2.28. The standard InChI is InChI=1S/C18H15ClN2O3S2/c1-11(17(23)21-14-6-3-2-5-13(14)19)24-16(22)9-12-10-26-18(20-12)15-7-4-8-25-15/h2-8,10-11H,9H2,1H3,(H,21,23)/t11-/m0/s1. The Morgan fingerprint density at radius 3 is 2.77 bits per heavy atom.